The molecule has 0 fully saturated rings. The minimum absolute atomic E-state index is 0.191. The molecule has 17 heavy (non-hydrogen) atoms. The summed E-state index contributed by atoms with van der Waals surface area (Å²) >= 11 is 7.05. The van der Waals surface area contributed by atoms with E-state index in [1.165, 1.54) is 0 Å². The third-order valence-corrected chi connectivity index (χ3v) is 7.11. The van der Waals surface area contributed by atoms with Crippen LogP contribution in [0.4, 0.5) is 0 Å². The van der Waals surface area contributed by atoms with E-state index < -0.39 is 5.69 Å². The van der Waals surface area contributed by atoms with Gasteiger partial charge in [-0.2, -0.15) is 0 Å². The lowest BCUT2D eigenvalue weighted by atomic mass is 10.2. The zero-order chi connectivity index (χ0) is 13.3. The predicted octanol–water partition coefficient (Wildman–Crippen LogP) is 3.67. The summed E-state index contributed by atoms with van der Waals surface area (Å²) in [5.74, 6) is 1.71. The van der Waals surface area contributed by atoms with Crippen LogP contribution in [0.3, 0.4) is 0 Å². The standard InChI is InChI=1S/C11H25O3PS2/c1-10(2)8-13-15(16,14-9-11(3)4)17-7-5-6-12/h10-12H,5-9H2,1-4H3. The van der Waals surface area contributed by atoms with E-state index >= 15 is 0 Å². The fourth-order valence-corrected chi connectivity index (χ4v) is 5.41. The molecule has 0 aliphatic heterocycles. The SMILES string of the molecule is CC(C)COP(=S)(OCC(C)C)SCCCO. The number of aliphatic hydroxyl groups is 1. The van der Waals surface area contributed by atoms with Gasteiger partial charge in [0.15, 0.2) is 0 Å². The van der Waals surface area contributed by atoms with Crippen LogP contribution in [0.5, 0.6) is 0 Å². The maximum atomic E-state index is 8.78. The average molecular weight is 300 g/mol. The van der Waals surface area contributed by atoms with E-state index in [9.17, 15) is 0 Å². The normalized spacial score (nSPS) is 12.6. The Hall–Kier alpha value is 0.880. The molecule has 0 aromatic heterocycles. The first-order chi connectivity index (χ1) is 7.89. The van der Waals surface area contributed by atoms with Crippen molar-refractivity contribution in [1.82, 2.24) is 0 Å². The van der Waals surface area contributed by atoms with Gasteiger partial charge in [-0.05, 0) is 30.1 Å². The van der Waals surface area contributed by atoms with Crippen molar-refractivity contribution in [2.24, 2.45) is 11.8 Å². The highest BCUT2D eigenvalue weighted by Gasteiger charge is 2.20. The number of hydrogen-bond acceptors (Lipinski definition) is 5. The number of aliphatic hydroxyl groups excluding tert-OH is 1. The molecule has 0 aromatic rings. The Balaban J connectivity index is 4.19. The monoisotopic (exact) mass is 300 g/mol. The third-order valence-electron chi connectivity index (χ3n) is 1.68. The largest absolute Gasteiger partial charge is 0.396 e. The molecule has 0 atom stereocenters. The molecule has 0 spiro atoms. The van der Waals surface area contributed by atoms with Crippen LogP contribution in [-0.4, -0.2) is 30.7 Å². The van der Waals surface area contributed by atoms with Gasteiger partial charge in [0.05, 0.1) is 13.2 Å². The van der Waals surface area contributed by atoms with Crippen LogP contribution >= 0.6 is 17.1 Å². The van der Waals surface area contributed by atoms with Crippen LogP contribution in [0, 0.1) is 11.8 Å². The van der Waals surface area contributed by atoms with Crippen molar-refractivity contribution in [2.45, 2.75) is 34.1 Å². The van der Waals surface area contributed by atoms with Crippen LogP contribution in [0.2, 0.25) is 0 Å². The van der Waals surface area contributed by atoms with Gasteiger partial charge in [-0.25, -0.2) is 0 Å². The number of hydrogen-bond donors (Lipinski definition) is 1. The lowest BCUT2D eigenvalue weighted by Crippen LogP contribution is -2.05. The van der Waals surface area contributed by atoms with Crippen LogP contribution in [0.1, 0.15) is 34.1 Å². The summed E-state index contributed by atoms with van der Waals surface area (Å²) in [4.78, 5) is 0. The Morgan fingerprint density at radius 1 is 1.12 bits per heavy atom. The van der Waals surface area contributed by atoms with Gasteiger partial charge in [0.25, 0.3) is 0 Å². The van der Waals surface area contributed by atoms with Gasteiger partial charge in [0.1, 0.15) is 0 Å². The first kappa shape index (κ1) is 17.9. The van der Waals surface area contributed by atoms with E-state index in [-0.39, 0.29) is 6.61 Å². The van der Waals surface area contributed by atoms with E-state index in [1.807, 2.05) is 0 Å². The van der Waals surface area contributed by atoms with Crippen molar-refractivity contribution in [2.75, 3.05) is 25.6 Å². The Kier molecular flexibility index (Phi) is 10.3. The highest BCUT2D eigenvalue weighted by Crippen LogP contribution is 2.61. The van der Waals surface area contributed by atoms with Crippen LogP contribution in [0.15, 0.2) is 0 Å². The highest BCUT2D eigenvalue weighted by atomic mass is 32.9. The highest BCUT2D eigenvalue weighted by molar-refractivity contribution is 8.67. The predicted molar refractivity (Wildman–Crippen MR) is 80.0 cm³/mol. The minimum atomic E-state index is -2.22. The van der Waals surface area contributed by atoms with E-state index in [2.05, 4.69) is 27.7 Å². The second-order valence-electron chi connectivity index (χ2n) is 4.74. The van der Waals surface area contributed by atoms with Gasteiger partial charge in [0.2, 0.25) is 5.69 Å². The molecule has 6 heteroatoms. The lowest BCUT2D eigenvalue weighted by molar-refractivity contribution is 0.218. The van der Waals surface area contributed by atoms with Crippen molar-refractivity contribution in [3.8, 4) is 0 Å². The molecule has 0 saturated carbocycles. The van der Waals surface area contributed by atoms with Crippen molar-refractivity contribution < 1.29 is 14.2 Å². The van der Waals surface area contributed by atoms with Crippen molar-refractivity contribution in [1.29, 1.82) is 0 Å². The van der Waals surface area contributed by atoms with E-state index in [0.717, 1.165) is 12.2 Å². The summed E-state index contributed by atoms with van der Waals surface area (Å²) in [7, 11) is 0. The Morgan fingerprint density at radius 3 is 1.94 bits per heavy atom. The van der Waals surface area contributed by atoms with Crippen LogP contribution in [0.25, 0.3) is 0 Å². The topological polar surface area (TPSA) is 38.7 Å². The van der Waals surface area contributed by atoms with E-state index in [0.29, 0.717) is 25.0 Å². The van der Waals surface area contributed by atoms with Crippen molar-refractivity contribution in [3.05, 3.63) is 0 Å². The molecule has 0 rings (SSSR count). The van der Waals surface area contributed by atoms with Crippen LogP contribution in [-0.2, 0) is 20.9 Å². The molecule has 0 bridgehead atoms. The molecule has 0 aromatic carbocycles. The molecule has 0 amide bonds. The molecule has 0 aliphatic rings. The molecule has 104 valence electrons. The van der Waals surface area contributed by atoms with Gasteiger partial charge in [-0.3, -0.25) is 0 Å². The summed E-state index contributed by atoms with van der Waals surface area (Å²) < 4.78 is 11.5. The van der Waals surface area contributed by atoms with E-state index in [1.54, 1.807) is 11.4 Å². The summed E-state index contributed by atoms with van der Waals surface area (Å²) in [6.07, 6.45) is 0.735. The molecule has 0 radical (unpaired) electrons. The zero-order valence-corrected chi connectivity index (χ0v) is 13.7. The second-order valence-corrected chi connectivity index (χ2v) is 11.2. The molecule has 0 unspecified atom stereocenters. The zero-order valence-electron chi connectivity index (χ0n) is 11.2. The average Bonchev–Trinajstić information content (AvgIpc) is 2.24. The van der Waals surface area contributed by atoms with Gasteiger partial charge < -0.3 is 14.2 Å². The van der Waals surface area contributed by atoms with Gasteiger partial charge in [-0.1, -0.05) is 39.1 Å². The van der Waals surface area contributed by atoms with Gasteiger partial charge in [-0.15, -0.1) is 0 Å². The van der Waals surface area contributed by atoms with Crippen molar-refractivity contribution >= 4 is 28.9 Å². The third kappa shape index (κ3) is 10.5. The van der Waals surface area contributed by atoms with E-state index in [4.69, 9.17) is 26.0 Å². The fourth-order valence-electron chi connectivity index (χ4n) is 0.833. The first-order valence-electron chi connectivity index (χ1n) is 6.04. The fraction of sp³-hybridized carbons (Fsp3) is 1.00. The Morgan fingerprint density at radius 2 is 1.59 bits per heavy atom. The van der Waals surface area contributed by atoms with Gasteiger partial charge >= 0.3 is 0 Å². The maximum absolute atomic E-state index is 8.78. The smallest absolute Gasteiger partial charge is 0.247 e. The Labute approximate surface area is 115 Å². The first-order valence-corrected chi connectivity index (χ1v) is 10.3. The summed E-state index contributed by atoms with van der Waals surface area (Å²) in [5.41, 5.74) is -2.22. The molecular formula is C11H25O3PS2. The minimum Gasteiger partial charge on any atom is -0.396 e. The molecule has 0 heterocycles. The van der Waals surface area contributed by atoms with Crippen LogP contribution < -0.4 is 0 Å². The molecule has 3 nitrogen and oxygen atoms in total. The molecule has 1 N–H and O–H groups in total. The maximum Gasteiger partial charge on any atom is 0.247 e. The quantitative estimate of drug-likeness (QED) is 0.492. The lowest BCUT2D eigenvalue weighted by Gasteiger charge is -2.23. The van der Waals surface area contributed by atoms with Crippen molar-refractivity contribution in [3.63, 3.8) is 0 Å². The second kappa shape index (κ2) is 9.76. The van der Waals surface area contributed by atoms with Gasteiger partial charge in [0, 0.05) is 12.4 Å². The summed E-state index contributed by atoms with van der Waals surface area (Å²) in [6, 6.07) is 0. The summed E-state index contributed by atoms with van der Waals surface area (Å²) in [6.45, 7) is 9.86. The molecule has 0 saturated heterocycles. The molecular weight excluding hydrogens is 275 g/mol. The Bertz CT molecular complexity index is 219. The number of rotatable bonds is 10. The molecule has 0 aliphatic carbocycles. The summed E-state index contributed by atoms with van der Waals surface area (Å²) in [5, 5.41) is 8.78.